The second kappa shape index (κ2) is 9.63. The van der Waals surface area contributed by atoms with Crippen LogP contribution in [0.1, 0.15) is 42.5 Å². The summed E-state index contributed by atoms with van der Waals surface area (Å²) in [4.78, 5) is 28.7. The van der Waals surface area contributed by atoms with Crippen molar-refractivity contribution in [3.63, 3.8) is 0 Å². The van der Waals surface area contributed by atoms with Crippen LogP contribution in [0.2, 0.25) is 0 Å². The van der Waals surface area contributed by atoms with Gasteiger partial charge in [0, 0.05) is 18.8 Å². The predicted molar refractivity (Wildman–Crippen MR) is 129 cm³/mol. The fraction of sp³-hybridized carbons (Fsp3) is 0.417. The summed E-state index contributed by atoms with van der Waals surface area (Å²) in [5.74, 6) is -1.53. The number of carbonyl (C=O) groups is 2. The summed E-state index contributed by atoms with van der Waals surface area (Å²) in [6.45, 7) is 2.83. The number of carboxylic acid groups (broad SMARTS) is 1. The normalized spacial score (nSPS) is 18.9. The predicted octanol–water partition coefficient (Wildman–Crippen LogP) is 2.50. The number of carboxylic acids is 1. The molecule has 10 heteroatoms. The molecule has 0 aliphatic carbocycles. The number of sulfonamides is 1. The van der Waals surface area contributed by atoms with Crippen LogP contribution < -0.4 is 15.4 Å². The number of benzene rings is 2. The van der Waals surface area contributed by atoms with E-state index in [1.807, 2.05) is 4.90 Å². The van der Waals surface area contributed by atoms with Crippen molar-refractivity contribution in [2.24, 2.45) is 5.73 Å². The van der Waals surface area contributed by atoms with Gasteiger partial charge >= 0.3 is 5.97 Å². The van der Waals surface area contributed by atoms with Gasteiger partial charge in [-0.25, -0.2) is 13.2 Å². The number of likely N-dealkylation sites (tertiary alicyclic amines) is 1. The average Bonchev–Trinajstić information content (AvgIpc) is 2.85. The van der Waals surface area contributed by atoms with Crippen molar-refractivity contribution >= 4 is 33.3 Å². The molecule has 2 saturated heterocycles. The molecule has 0 bridgehead atoms. The lowest BCUT2D eigenvalue weighted by molar-refractivity contribution is -0.132. The van der Waals surface area contributed by atoms with Gasteiger partial charge in [-0.1, -0.05) is 24.6 Å². The number of piperidine rings is 2. The first-order chi connectivity index (χ1) is 16.2. The topological polar surface area (TPSA) is 133 Å². The zero-order valence-corrected chi connectivity index (χ0v) is 19.8. The van der Waals surface area contributed by atoms with E-state index < -0.39 is 21.5 Å². The highest BCUT2D eigenvalue weighted by molar-refractivity contribution is 7.92. The van der Waals surface area contributed by atoms with Gasteiger partial charge in [-0.2, -0.15) is 0 Å². The van der Waals surface area contributed by atoms with E-state index in [1.54, 1.807) is 24.3 Å². The molecular weight excluding hydrogens is 456 g/mol. The van der Waals surface area contributed by atoms with Crippen molar-refractivity contribution in [3.05, 3.63) is 54.1 Å². The second-order valence-corrected chi connectivity index (χ2v) is 10.6. The molecule has 2 aromatic carbocycles. The van der Waals surface area contributed by atoms with Gasteiger partial charge in [0.05, 0.1) is 16.1 Å². The largest absolute Gasteiger partial charge is 0.478 e. The molecule has 2 aliphatic heterocycles. The number of rotatable bonds is 7. The molecule has 2 aliphatic rings. The third-order valence-corrected chi connectivity index (χ3v) is 8.29. The SMILES string of the molecule is NC(=O)C1(N2CCCCC2)CCN(c2ccc(NS(=O)(=O)c3ccccc3)c(C(=O)O)c2)CC1. The molecule has 4 rings (SSSR count). The van der Waals surface area contributed by atoms with E-state index in [4.69, 9.17) is 5.73 Å². The average molecular weight is 487 g/mol. The third kappa shape index (κ3) is 4.74. The molecule has 1 amide bonds. The van der Waals surface area contributed by atoms with Crippen LogP contribution in [0.3, 0.4) is 0 Å². The molecule has 2 aromatic rings. The van der Waals surface area contributed by atoms with Crippen molar-refractivity contribution in [3.8, 4) is 0 Å². The highest BCUT2D eigenvalue weighted by atomic mass is 32.2. The van der Waals surface area contributed by atoms with Gasteiger partial charge in [0.15, 0.2) is 0 Å². The summed E-state index contributed by atoms with van der Waals surface area (Å²) < 4.78 is 27.8. The maximum absolute atomic E-state index is 12.7. The second-order valence-electron chi connectivity index (χ2n) is 8.88. The molecule has 0 saturated carbocycles. The molecule has 2 heterocycles. The Kier molecular flexibility index (Phi) is 6.81. The summed E-state index contributed by atoms with van der Waals surface area (Å²) in [5, 5.41) is 9.76. The lowest BCUT2D eigenvalue weighted by Crippen LogP contribution is -2.63. The zero-order chi connectivity index (χ0) is 24.3. The van der Waals surface area contributed by atoms with Crippen LogP contribution in [0, 0.1) is 0 Å². The molecule has 4 N–H and O–H groups in total. The van der Waals surface area contributed by atoms with Gasteiger partial charge in [-0.05, 0) is 69.1 Å². The molecule has 0 spiro atoms. The number of anilines is 2. The van der Waals surface area contributed by atoms with Crippen LogP contribution in [0.15, 0.2) is 53.4 Å². The van der Waals surface area contributed by atoms with Gasteiger partial charge in [0.1, 0.15) is 5.54 Å². The van der Waals surface area contributed by atoms with Crippen LogP contribution in [0.25, 0.3) is 0 Å². The molecule has 34 heavy (non-hydrogen) atoms. The number of nitrogens with zero attached hydrogens (tertiary/aromatic N) is 2. The van der Waals surface area contributed by atoms with Gasteiger partial charge < -0.3 is 15.7 Å². The Hall–Kier alpha value is -3.11. The first-order valence-electron chi connectivity index (χ1n) is 11.5. The standard InChI is InChI=1S/C24H30N4O5S/c25-23(31)24(28-13-5-2-6-14-28)11-15-27(16-12-24)18-9-10-21(20(17-18)22(29)30)26-34(32,33)19-7-3-1-4-8-19/h1,3-4,7-10,17,26H,2,5-6,11-16H2,(H2,25,31)(H,29,30). The van der Waals surface area contributed by atoms with Crippen molar-refractivity contribution in [2.75, 3.05) is 35.8 Å². The maximum Gasteiger partial charge on any atom is 0.337 e. The summed E-state index contributed by atoms with van der Waals surface area (Å²) in [6.07, 6.45) is 4.40. The van der Waals surface area contributed by atoms with Gasteiger partial charge in [0.2, 0.25) is 5.91 Å². The smallest absolute Gasteiger partial charge is 0.337 e. The monoisotopic (exact) mass is 486 g/mol. The molecule has 0 unspecified atom stereocenters. The van der Waals surface area contributed by atoms with E-state index in [9.17, 15) is 23.1 Å². The van der Waals surface area contributed by atoms with E-state index in [1.165, 1.54) is 24.3 Å². The van der Waals surface area contributed by atoms with E-state index in [2.05, 4.69) is 9.62 Å². The lowest BCUT2D eigenvalue weighted by Gasteiger charge is -2.48. The Labute approximate surface area is 199 Å². The van der Waals surface area contributed by atoms with Crippen LogP contribution in [0.5, 0.6) is 0 Å². The lowest BCUT2D eigenvalue weighted by atomic mass is 9.83. The van der Waals surface area contributed by atoms with E-state index in [0.29, 0.717) is 31.6 Å². The Morgan fingerprint density at radius 2 is 1.59 bits per heavy atom. The first kappa shape index (κ1) is 24.0. The minimum Gasteiger partial charge on any atom is -0.478 e. The molecular formula is C24H30N4O5S. The number of carbonyl (C=O) groups excluding carboxylic acids is 1. The third-order valence-electron chi connectivity index (χ3n) is 6.91. The molecule has 0 atom stereocenters. The van der Waals surface area contributed by atoms with E-state index in [0.717, 1.165) is 32.4 Å². The molecule has 0 radical (unpaired) electrons. The van der Waals surface area contributed by atoms with Crippen LogP contribution in [0.4, 0.5) is 11.4 Å². The number of nitrogens with two attached hydrogens (primary N) is 1. The Bertz CT molecular complexity index is 1160. The van der Waals surface area contributed by atoms with Crippen molar-refractivity contribution in [1.29, 1.82) is 0 Å². The van der Waals surface area contributed by atoms with Crippen molar-refractivity contribution < 1.29 is 23.1 Å². The number of amides is 1. The molecule has 2 fully saturated rings. The quantitative estimate of drug-likeness (QED) is 0.548. The van der Waals surface area contributed by atoms with Crippen LogP contribution in [-0.4, -0.2) is 62.0 Å². The van der Waals surface area contributed by atoms with Gasteiger partial charge in [-0.3, -0.25) is 14.4 Å². The first-order valence-corrected chi connectivity index (χ1v) is 13.0. The molecule has 9 nitrogen and oxygen atoms in total. The van der Waals surface area contributed by atoms with Crippen molar-refractivity contribution in [2.45, 2.75) is 42.5 Å². The number of hydrogen-bond acceptors (Lipinski definition) is 6. The van der Waals surface area contributed by atoms with Crippen LogP contribution >= 0.6 is 0 Å². The fourth-order valence-corrected chi connectivity index (χ4v) is 6.07. The molecule has 182 valence electrons. The van der Waals surface area contributed by atoms with Gasteiger partial charge in [0.25, 0.3) is 10.0 Å². The van der Waals surface area contributed by atoms with Crippen LogP contribution in [-0.2, 0) is 14.8 Å². The summed E-state index contributed by atoms with van der Waals surface area (Å²) in [5.41, 5.74) is 5.72. The fourth-order valence-electron chi connectivity index (χ4n) is 4.97. The zero-order valence-electron chi connectivity index (χ0n) is 18.9. The summed E-state index contributed by atoms with van der Waals surface area (Å²) in [6, 6.07) is 12.4. The number of aromatic carboxylic acids is 1. The Morgan fingerprint density at radius 3 is 2.18 bits per heavy atom. The minimum atomic E-state index is -3.93. The Morgan fingerprint density at radius 1 is 0.941 bits per heavy atom. The van der Waals surface area contributed by atoms with Crippen molar-refractivity contribution in [1.82, 2.24) is 4.90 Å². The Balaban J connectivity index is 1.54. The highest BCUT2D eigenvalue weighted by Crippen LogP contribution is 2.34. The summed E-state index contributed by atoms with van der Waals surface area (Å²) in [7, 11) is -3.93. The number of hydrogen-bond donors (Lipinski definition) is 3. The highest BCUT2D eigenvalue weighted by Gasteiger charge is 2.45. The minimum absolute atomic E-state index is 0.00286. The number of nitrogens with one attached hydrogen (secondary N) is 1. The van der Waals surface area contributed by atoms with E-state index in [-0.39, 0.29) is 22.1 Å². The molecule has 0 aromatic heterocycles. The van der Waals surface area contributed by atoms with E-state index >= 15 is 0 Å². The maximum atomic E-state index is 12.7. The number of primary amides is 1. The van der Waals surface area contributed by atoms with Gasteiger partial charge in [-0.15, -0.1) is 0 Å². The summed E-state index contributed by atoms with van der Waals surface area (Å²) >= 11 is 0.